The van der Waals surface area contributed by atoms with Gasteiger partial charge in [0.05, 0.1) is 11.8 Å². The van der Waals surface area contributed by atoms with Crippen LogP contribution < -0.4 is 0 Å². The Morgan fingerprint density at radius 3 is 2.48 bits per heavy atom. The van der Waals surface area contributed by atoms with Crippen molar-refractivity contribution < 1.29 is 18.0 Å². The van der Waals surface area contributed by atoms with Crippen molar-refractivity contribution in [1.29, 1.82) is 0 Å². The van der Waals surface area contributed by atoms with E-state index in [9.17, 15) is 18.0 Å². The quantitative estimate of drug-likeness (QED) is 0.680. The fourth-order valence-corrected chi connectivity index (χ4v) is 3.08. The van der Waals surface area contributed by atoms with Crippen molar-refractivity contribution in [2.45, 2.75) is 32.5 Å². The van der Waals surface area contributed by atoms with E-state index >= 15 is 0 Å². The first-order valence-corrected chi connectivity index (χ1v) is 8.57. The Morgan fingerprint density at radius 1 is 1.15 bits per heavy atom. The number of aromatic nitrogens is 3. The average Bonchev–Trinajstić information content (AvgIpc) is 3.10. The molecule has 0 spiro atoms. The standard InChI is InChI=1S/C19H19F3N4O/c1-3-25(18(27)16-8-10-23-17-9-11-24-26(16)17)13(2)12-14-4-6-15(7-5-14)19(20,21)22/h4-11,13H,3,12H2,1-2H3. The number of alkyl halides is 3. The van der Waals surface area contributed by atoms with Crippen molar-refractivity contribution in [1.82, 2.24) is 19.5 Å². The number of carbonyl (C=O) groups is 1. The summed E-state index contributed by atoms with van der Waals surface area (Å²) in [5, 5.41) is 4.13. The SMILES string of the molecule is CCN(C(=O)c1ccnc2ccnn12)C(C)Cc1ccc(C(F)(F)F)cc1. The summed E-state index contributed by atoms with van der Waals surface area (Å²) in [6, 6.07) is 8.16. The lowest BCUT2D eigenvalue weighted by Gasteiger charge is -2.28. The van der Waals surface area contributed by atoms with Gasteiger partial charge in [0.25, 0.3) is 5.91 Å². The van der Waals surface area contributed by atoms with Crippen LogP contribution in [-0.4, -0.2) is 38.0 Å². The largest absolute Gasteiger partial charge is 0.416 e. The van der Waals surface area contributed by atoms with E-state index in [0.717, 1.165) is 17.7 Å². The summed E-state index contributed by atoms with van der Waals surface area (Å²) >= 11 is 0. The van der Waals surface area contributed by atoms with Gasteiger partial charge in [-0.15, -0.1) is 0 Å². The van der Waals surface area contributed by atoms with Gasteiger partial charge in [-0.2, -0.15) is 18.3 Å². The molecule has 2 aromatic heterocycles. The molecule has 0 bridgehead atoms. The summed E-state index contributed by atoms with van der Waals surface area (Å²) in [5.74, 6) is -0.201. The normalized spacial score (nSPS) is 12.9. The van der Waals surface area contributed by atoms with Crippen LogP contribution in [0.2, 0.25) is 0 Å². The van der Waals surface area contributed by atoms with Gasteiger partial charge in [-0.25, -0.2) is 9.50 Å². The van der Waals surface area contributed by atoms with Crippen LogP contribution in [0.4, 0.5) is 13.2 Å². The third-order valence-electron chi connectivity index (χ3n) is 4.46. The molecule has 0 fully saturated rings. The highest BCUT2D eigenvalue weighted by Crippen LogP contribution is 2.29. The number of likely N-dealkylation sites (N-methyl/N-ethyl adjacent to an activating group) is 1. The third-order valence-corrected chi connectivity index (χ3v) is 4.46. The summed E-state index contributed by atoms with van der Waals surface area (Å²) in [4.78, 5) is 18.8. The molecule has 8 heteroatoms. The van der Waals surface area contributed by atoms with Crippen LogP contribution in [0, 0.1) is 0 Å². The van der Waals surface area contributed by atoms with Gasteiger partial charge < -0.3 is 4.90 Å². The second-order valence-corrected chi connectivity index (χ2v) is 6.27. The van der Waals surface area contributed by atoms with E-state index in [1.807, 2.05) is 13.8 Å². The lowest BCUT2D eigenvalue weighted by atomic mass is 10.0. The molecule has 1 amide bonds. The maximum atomic E-state index is 13.0. The van der Waals surface area contributed by atoms with Crippen LogP contribution in [0.25, 0.3) is 5.65 Å². The van der Waals surface area contributed by atoms with Crippen LogP contribution >= 0.6 is 0 Å². The minimum atomic E-state index is -4.36. The van der Waals surface area contributed by atoms with Crippen LogP contribution in [-0.2, 0) is 12.6 Å². The second-order valence-electron chi connectivity index (χ2n) is 6.27. The van der Waals surface area contributed by atoms with E-state index in [2.05, 4.69) is 10.1 Å². The molecule has 3 rings (SSSR count). The fraction of sp³-hybridized carbons (Fsp3) is 0.316. The highest BCUT2D eigenvalue weighted by atomic mass is 19.4. The fourth-order valence-electron chi connectivity index (χ4n) is 3.08. The Balaban J connectivity index is 1.78. The average molecular weight is 376 g/mol. The zero-order valence-corrected chi connectivity index (χ0v) is 14.9. The molecule has 142 valence electrons. The first-order valence-electron chi connectivity index (χ1n) is 8.57. The van der Waals surface area contributed by atoms with E-state index in [0.29, 0.717) is 24.3 Å². The van der Waals surface area contributed by atoms with Crippen molar-refractivity contribution in [3.8, 4) is 0 Å². The molecule has 2 heterocycles. The van der Waals surface area contributed by atoms with Crippen molar-refractivity contribution >= 4 is 11.6 Å². The van der Waals surface area contributed by atoms with Crippen LogP contribution in [0.15, 0.2) is 48.8 Å². The van der Waals surface area contributed by atoms with Gasteiger partial charge in [-0.3, -0.25) is 4.79 Å². The zero-order valence-electron chi connectivity index (χ0n) is 14.9. The van der Waals surface area contributed by atoms with Crippen molar-refractivity contribution in [2.75, 3.05) is 6.54 Å². The predicted octanol–water partition coefficient (Wildman–Crippen LogP) is 3.84. The number of amides is 1. The van der Waals surface area contributed by atoms with Gasteiger partial charge in [-0.1, -0.05) is 12.1 Å². The van der Waals surface area contributed by atoms with Gasteiger partial charge in [0.15, 0.2) is 5.65 Å². The predicted molar refractivity (Wildman–Crippen MR) is 94.3 cm³/mol. The van der Waals surface area contributed by atoms with E-state index in [1.165, 1.54) is 16.6 Å². The maximum absolute atomic E-state index is 13.0. The van der Waals surface area contributed by atoms with Crippen LogP contribution in [0.3, 0.4) is 0 Å². The summed E-state index contributed by atoms with van der Waals surface area (Å²) in [7, 11) is 0. The topological polar surface area (TPSA) is 50.5 Å². The molecule has 1 unspecified atom stereocenters. The number of fused-ring (bicyclic) bond motifs is 1. The lowest BCUT2D eigenvalue weighted by Crippen LogP contribution is -2.40. The molecule has 3 aromatic rings. The van der Waals surface area contributed by atoms with E-state index in [4.69, 9.17) is 0 Å². The highest BCUT2D eigenvalue weighted by molar-refractivity contribution is 5.93. The molecule has 0 aliphatic rings. The zero-order chi connectivity index (χ0) is 19.6. The Bertz CT molecular complexity index is 934. The Labute approximate surface area is 154 Å². The van der Waals surface area contributed by atoms with Crippen molar-refractivity contribution in [3.63, 3.8) is 0 Å². The minimum absolute atomic E-state index is 0.196. The summed E-state index contributed by atoms with van der Waals surface area (Å²) in [5.41, 5.74) is 1.03. The molecular formula is C19H19F3N4O. The first kappa shape index (κ1) is 18.9. The van der Waals surface area contributed by atoms with Crippen LogP contribution in [0.1, 0.15) is 35.5 Å². The van der Waals surface area contributed by atoms with Gasteiger partial charge in [0, 0.05) is 24.8 Å². The van der Waals surface area contributed by atoms with Gasteiger partial charge in [-0.05, 0) is 44.0 Å². The third kappa shape index (κ3) is 3.94. The first-order chi connectivity index (χ1) is 12.8. The molecule has 1 aromatic carbocycles. The molecule has 27 heavy (non-hydrogen) atoms. The number of carbonyl (C=O) groups excluding carboxylic acids is 1. The molecule has 0 radical (unpaired) electrons. The smallest absolute Gasteiger partial charge is 0.335 e. The summed E-state index contributed by atoms with van der Waals surface area (Å²) < 4.78 is 39.6. The molecule has 0 saturated carbocycles. The number of rotatable bonds is 5. The summed E-state index contributed by atoms with van der Waals surface area (Å²) in [6.07, 6.45) is -0.781. The molecule has 5 nitrogen and oxygen atoms in total. The van der Waals surface area contributed by atoms with E-state index < -0.39 is 11.7 Å². The maximum Gasteiger partial charge on any atom is 0.416 e. The number of benzene rings is 1. The Hall–Kier alpha value is -2.90. The molecule has 0 aliphatic heterocycles. The number of nitrogens with zero attached hydrogens (tertiary/aromatic N) is 4. The number of hydrogen-bond acceptors (Lipinski definition) is 3. The molecule has 0 aliphatic carbocycles. The minimum Gasteiger partial charge on any atom is -0.335 e. The van der Waals surface area contributed by atoms with Crippen molar-refractivity contribution in [3.05, 3.63) is 65.6 Å². The second kappa shape index (κ2) is 7.38. The van der Waals surface area contributed by atoms with Gasteiger partial charge in [0.2, 0.25) is 0 Å². The number of halogens is 3. The summed E-state index contributed by atoms with van der Waals surface area (Å²) in [6.45, 7) is 4.20. The van der Waals surface area contributed by atoms with Crippen molar-refractivity contribution in [2.24, 2.45) is 0 Å². The van der Waals surface area contributed by atoms with Crippen LogP contribution in [0.5, 0.6) is 0 Å². The highest BCUT2D eigenvalue weighted by Gasteiger charge is 2.30. The molecular weight excluding hydrogens is 357 g/mol. The Morgan fingerprint density at radius 2 is 1.85 bits per heavy atom. The lowest BCUT2D eigenvalue weighted by molar-refractivity contribution is -0.137. The van der Waals surface area contributed by atoms with E-state index in [1.54, 1.807) is 29.4 Å². The monoisotopic (exact) mass is 376 g/mol. The van der Waals surface area contributed by atoms with Gasteiger partial charge in [0.1, 0.15) is 5.69 Å². The van der Waals surface area contributed by atoms with E-state index in [-0.39, 0.29) is 11.9 Å². The molecule has 1 atom stereocenters. The molecule has 0 saturated heterocycles. The number of hydrogen-bond donors (Lipinski definition) is 0. The molecule has 0 N–H and O–H groups in total. The Kier molecular flexibility index (Phi) is 5.16. The van der Waals surface area contributed by atoms with Gasteiger partial charge >= 0.3 is 6.18 Å².